The van der Waals surface area contributed by atoms with Crippen molar-refractivity contribution in [1.82, 2.24) is 5.32 Å². The molecule has 0 radical (unpaired) electrons. The number of hydrogen-bond donors (Lipinski definition) is 1. The molecule has 1 atom stereocenters. The lowest BCUT2D eigenvalue weighted by molar-refractivity contribution is 0.447. The molecule has 1 saturated heterocycles. The molecular weight excluding hydrogens is 344 g/mol. The second kappa shape index (κ2) is 7.90. The Morgan fingerprint density at radius 1 is 1.50 bits per heavy atom. The molecule has 1 unspecified atom stereocenters. The summed E-state index contributed by atoms with van der Waals surface area (Å²) in [5, 5.41) is 11.6. The van der Waals surface area contributed by atoms with Crippen molar-refractivity contribution in [3.8, 4) is 6.19 Å². The number of hydrogen-bond acceptors (Lipinski definition) is 6. The molecule has 0 bridgehead atoms. The van der Waals surface area contributed by atoms with Gasteiger partial charge in [0.2, 0.25) is 0 Å². The summed E-state index contributed by atoms with van der Waals surface area (Å²) in [4.78, 5) is 6.78. The van der Waals surface area contributed by atoms with E-state index in [1.165, 1.54) is 24.4 Å². The fourth-order valence-electron chi connectivity index (χ4n) is 2.81. The SMILES string of the molecule is CSC(=Nc1cc(N2CCCC(C)C2)ccc1S(C)(=O)=O)NC#N. The number of nitrogens with zero attached hydrogens (tertiary/aromatic N) is 3. The summed E-state index contributed by atoms with van der Waals surface area (Å²) < 4.78 is 24.1. The van der Waals surface area contributed by atoms with E-state index in [4.69, 9.17) is 5.26 Å². The van der Waals surface area contributed by atoms with Gasteiger partial charge in [-0.2, -0.15) is 5.26 Å². The number of piperidine rings is 1. The molecule has 1 aliphatic heterocycles. The van der Waals surface area contributed by atoms with Crippen molar-refractivity contribution in [1.29, 1.82) is 5.26 Å². The molecule has 1 fully saturated rings. The Morgan fingerprint density at radius 2 is 2.25 bits per heavy atom. The van der Waals surface area contributed by atoms with E-state index < -0.39 is 9.84 Å². The maximum Gasteiger partial charge on any atom is 0.183 e. The van der Waals surface area contributed by atoms with E-state index in [1.807, 2.05) is 12.3 Å². The van der Waals surface area contributed by atoms with Crippen molar-refractivity contribution in [2.75, 3.05) is 30.5 Å². The van der Waals surface area contributed by atoms with Gasteiger partial charge < -0.3 is 4.90 Å². The first-order valence-electron chi connectivity index (χ1n) is 7.72. The van der Waals surface area contributed by atoms with Crippen LogP contribution in [0.5, 0.6) is 0 Å². The first kappa shape index (κ1) is 18.6. The van der Waals surface area contributed by atoms with Crippen LogP contribution in [0, 0.1) is 17.4 Å². The van der Waals surface area contributed by atoms with Gasteiger partial charge in [-0.15, -0.1) is 0 Å². The predicted octanol–water partition coefficient (Wildman–Crippen LogP) is 2.75. The molecule has 0 amide bonds. The minimum Gasteiger partial charge on any atom is -0.371 e. The first-order valence-corrected chi connectivity index (χ1v) is 10.8. The fraction of sp³-hybridized carbons (Fsp3) is 0.500. The number of nitrogens with one attached hydrogen (secondary N) is 1. The van der Waals surface area contributed by atoms with Gasteiger partial charge in [-0.1, -0.05) is 18.7 Å². The fourth-order valence-corrected chi connectivity index (χ4v) is 3.95. The molecule has 0 aliphatic carbocycles. The Balaban J connectivity index is 2.48. The van der Waals surface area contributed by atoms with Gasteiger partial charge in [0.05, 0.1) is 10.6 Å². The number of benzene rings is 1. The van der Waals surface area contributed by atoms with E-state index in [1.54, 1.807) is 18.4 Å². The summed E-state index contributed by atoms with van der Waals surface area (Å²) in [7, 11) is -3.41. The third-order valence-electron chi connectivity index (χ3n) is 3.94. The van der Waals surface area contributed by atoms with Crippen LogP contribution < -0.4 is 10.2 Å². The highest BCUT2D eigenvalue weighted by Crippen LogP contribution is 2.32. The molecule has 130 valence electrons. The van der Waals surface area contributed by atoms with E-state index >= 15 is 0 Å². The number of nitriles is 1. The molecular formula is C16H22N4O2S2. The van der Waals surface area contributed by atoms with Crippen LogP contribution in [-0.2, 0) is 9.84 Å². The third-order valence-corrected chi connectivity index (χ3v) is 5.67. The number of amidine groups is 1. The van der Waals surface area contributed by atoms with Crippen LogP contribution in [0.25, 0.3) is 0 Å². The summed E-state index contributed by atoms with van der Waals surface area (Å²) >= 11 is 1.26. The van der Waals surface area contributed by atoms with Crippen LogP contribution in [0.1, 0.15) is 19.8 Å². The molecule has 2 rings (SSSR count). The molecule has 1 aromatic rings. The third kappa shape index (κ3) is 4.65. The average Bonchev–Trinajstić information content (AvgIpc) is 2.53. The van der Waals surface area contributed by atoms with Crippen LogP contribution in [-0.4, -0.2) is 39.2 Å². The van der Waals surface area contributed by atoms with Gasteiger partial charge in [-0.3, -0.25) is 5.32 Å². The number of sulfone groups is 1. The van der Waals surface area contributed by atoms with E-state index in [2.05, 4.69) is 22.1 Å². The van der Waals surface area contributed by atoms with Crippen molar-refractivity contribution < 1.29 is 8.42 Å². The van der Waals surface area contributed by atoms with Crippen LogP contribution in [0.2, 0.25) is 0 Å². The molecule has 1 heterocycles. The van der Waals surface area contributed by atoms with Crippen LogP contribution >= 0.6 is 11.8 Å². The second-order valence-corrected chi connectivity index (χ2v) is 8.75. The molecule has 8 heteroatoms. The highest BCUT2D eigenvalue weighted by molar-refractivity contribution is 8.13. The van der Waals surface area contributed by atoms with Crippen molar-refractivity contribution >= 4 is 38.1 Å². The Bertz CT molecular complexity index is 769. The zero-order valence-corrected chi connectivity index (χ0v) is 15.7. The zero-order valence-electron chi connectivity index (χ0n) is 14.1. The molecule has 6 nitrogen and oxygen atoms in total. The predicted molar refractivity (Wildman–Crippen MR) is 99.5 cm³/mol. The Kier molecular flexibility index (Phi) is 6.13. The normalized spacial score (nSPS) is 19.0. The van der Waals surface area contributed by atoms with Crippen LogP contribution in [0.3, 0.4) is 0 Å². The van der Waals surface area contributed by atoms with Crippen LogP contribution in [0.15, 0.2) is 28.1 Å². The molecule has 1 aromatic carbocycles. The van der Waals surface area contributed by atoms with Gasteiger partial charge in [0.1, 0.15) is 0 Å². The Labute approximate surface area is 147 Å². The lowest BCUT2D eigenvalue weighted by atomic mass is 10.00. The highest BCUT2D eigenvalue weighted by atomic mass is 32.2. The van der Waals surface area contributed by atoms with Crippen molar-refractivity contribution in [2.24, 2.45) is 10.9 Å². The largest absolute Gasteiger partial charge is 0.371 e. The monoisotopic (exact) mass is 366 g/mol. The molecule has 0 spiro atoms. The van der Waals surface area contributed by atoms with Crippen molar-refractivity contribution in [3.63, 3.8) is 0 Å². The summed E-state index contributed by atoms with van der Waals surface area (Å²) in [6, 6.07) is 5.24. The van der Waals surface area contributed by atoms with Gasteiger partial charge in [0.15, 0.2) is 21.2 Å². The maximum atomic E-state index is 12.0. The Hall–Kier alpha value is -1.72. The summed E-state index contributed by atoms with van der Waals surface area (Å²) in [5.41, 5.74) is 1.32. The number of rotatable bonds is 3. The van der Waals surface area contributed by atoms with E-state index in [0.717, 1.165) is 25.2 Å². The summed E-state index contributed by atoms with van der Waals surface area (Å²) in [6.07, 6.45) is 7.10. The number of anilines is 1. The number of thioether (sulfide) groups is 1. The van der Waals surface area contributed by atoms with E-state index in [0.29, 0.717) is 16.8 Å². The molecule has 0 aromatic heterocycles. The minimum atomic E-state index is -3.41. The van der Waals surface area contributed by atoms with Gasteiger partial charge in [0, 0.05) is 25.0 Å². The Morgan fingerprint density at radius 3 is 2.83 bits per heavy atom. The van der Waals surface area contributed by atoms with E-state index in [9.17, 15) is 8.42 Å². The zero-order chi connectivity index (χ0) is 17.7. The summed E-state index contributed by atoms with van der Waals surface area (Å²) in [5.74, 6) is 0.613. The van der Waals surface area contributed by atoms with Crippen molar-refractivity contribution in [3.05, 3.63) is 18.2 Å². The topological polar surface area (TPSA) is 85.6 Å². The lowest BCUT2D eigenvalue weighted by Gasteiger charge is -2.33. The molecule has 1 aliphatic rings. The molecule has 1 N–H and O–H groups in total. The minimum absolute atomic E-state index is 0.169. The maximum absolute atomic E-state index is 12.0. The first-order chi connectivity index (χ1) is 11.3. The van der Waals surface area contributed by atoms with Gasteiger partial charge in [-0.05, 0) is 43.2 Å². The van der Waals surface area contributed by atoms with Crippen molar-refractivity contribution in [2.45, 2.75) is 24.7 Å². The second-order valence-electron chi connectivity index (χ2n) is 5.98. The van der Waals surface area contributed by atoms with Gasteiger partial charge in [0.25, 0.3) is 0 Å². The van der Waals surface area contributed by atoms with Crippen LogP contribution in [0.4, 0.5) is 11.4 Å². The smallest absolute Gasteiger partial charge is 0.183 e. The van der Waals surface area contributed by atoms with E-state index in [-0.39, 0.29) is 4.90 Å². The lowest BCUT2D eigenvalue weighted by Crippen LogP contribution is -2.34. The molecule has 24 heavy (non-hydrogen) atoms. The summed E-state index contributed by atoms with van der Waals surface area (Å²) in [6.45, 7) is 4.13. The highest BCUT2D eigenvalue weighted by Gasteiger charge is 2.20. The molecule has 0 saturated carbocycles. The average molecular weight is 367 g/mol. The van der Waals surface area contributed by atoms with Gasteiger partial charge in [-0.25, -0.2) is 13.4 Å². The van der Waals surface area contributed by atoms with Gasteiger partial charge >= 0.3 is 0 Å². The number of aliphatic imine (C=N–C) groups is 1. The standard InChI is InChI=1S/C16H22N4O2S2/c1-12-5-4-8-20(10-12)13-6-7-15(24(3,21)22)14(9-13)19-16(23-2)18-11-17/h6-7,9,12H,4-5,8,10H2,1-3H3,(H,18,19). The quantitative estimate of drug-likeness (QED) is 0.383.